The first-order chi connectivity index (χ1) is 14.0. The lowest BCUT2D eigenvalue weighted by Crippen LogP contribution is -2.59. The van der Waals surface area contributed by atoms with Crippen molar-refractivity contribution in [1.82, 2.24) is 0 Å². The highest BCUT2D eigenvalue weighted by atomic mass is 32.2. The maximum Gasteiger partial charge on any atom is 0.338 e. The summed E-state index contributed by atoms with van der Waals surface area (Å²) in [6.07, 6.45) is -4.53. The average molecular weight is 415 g/mol. The first-order valence-electron chi connectivity index (χ1n) is 8.59. The van der Waals surface area contributed by atoms with Crippen LogP contribution in [0, 0.1) is 0 Å². The summed E-state index contributed by atoms with van der Waals surface area (Å²) >= 11 is 1.08. The summed E-state index contributed by atoms with van der Waals surface area (Å²) in [5.41, 5.74) is 8.06. The zero-order valence-electron chi connectivity index (χ0n) is 14.9. The van der Waals surface area contributed by atoms with E-state index in [1.165, 1.54) is 12.1 Å². The maximum absolute atomic E-state index is 12.4. The topological polar surface area (TPSA) is 142 Å². The zero-order chi connectivity index (χ0) is 20.8. The van der Waals surface area contributed by atoms with Crippen molar-refractivity contribution in [1.29, 1.82) is 0 Å². The van der Waals surface area contributed by atoms with Crippen molar-refractivity contribution in [2.75, 3.05) is 0 Å². The Balaban J connectivity index is 1.87. The Morgan fingerprint density at radius 1 is 1.10 bits per heavy atom. The SMILES string of the molecule is [N-]=[N+]=N[C@@H]1[C@@H](O)[C@H](Sc2ccccc2)O[C@H](C(=O)O)[C@@H]1OC(=O)c1ccccc1. The molecule has 29 heavy (non-hydrogen) atoms. The molecule has 1 aliphatic rings. The van der Waals surface area contributed by atoms with Crippen LogP contribution in [-0.2, 0) is 14.3 Å². The van der Waals surface area contributed by atoms with Crippen LogP contribution in [0.3, 0.4) is 0 Å². The summed E-state index contributed by atoms with van der Waals surface area (Å²) in [4.78, 5) is 27.6. The molecule has 2 aromatic carbocycles. The lowest BCUT2D eigenvalue weighted by molar-refractivity contribution is -0.183. The Hall–Kier alpha value is -3.04. The normalized spacial score (nSPS) is 26.2. The molecule has 150 valence electrons. The van der Waals surface area contributed by atoms with E-state index in [2.05, 4.69) is 10.0 Å². The molecule has 0 spiro atoms. The number of rotatable bonds is 6. The van der Waals surface area contributed by atoms with Crippen LogP contribution in [0.2, 0.25) is 0 Å². The van der Waals surface area contributed by atoms with Crippen molar-refractivity contribution in [3.63, 3.8) is 0 Å². The largest absolute Gasteiger partial charge is 0.479 e. The highest BCUT2D eigenvalue weighted by Gasteiger charge is 2.50. The standard InChI is InChI=1S/C19H17N3O6S/c20-22-21-13-14(23)19(29-12-9-5-2-6-10-12)28-16(17(24)25)15(13)27-18(26)11-7-3-1-4-8-11/h1-10,13-16,19,23H,(H,24,25)/t13-,14-,15-,16+,19+/m1/s1. The van der Waals surface area contributed by atoms with Crippen molar-refractivity contribution in [3.05, 3.63) is 76.7 Å². The minimum atomic E-state index is -1.62. The van der Waals surface area contributed by atoms with E-state index in [1.807, 2.05) is 6.07 Å². The summed E-state index contributed by atoms with van der Waals surface area (Å²) in [6.45, 7) is 0. The van der Waals surface area contributed by atoms with Gasteiger partial charge in [-0.2, -0.15) is 0 Å². The molecule has 1 aliphatic heterocycles. The Morgan fingerprint density at radius 2 is 1.72 bits per heavy atom. The van der Waals surface area contributed by atoms with Crippen LogP contribution in [0.25, 0.3) is 10.4 Å². The van der Waals surface area contributed by atoms with Crippen LogP contribution in [-0.4, -0.2) is 51.9 Å². The number of hydrogen-bond donors (Lipinski definition) is 2. The molecular weight excluding hydrogens is 398 g/mol. The quantitative estimate of drug-likeness (QED) is 0.320. The van der Waals surface area contributed by atoms with Crippen LogP contribution in [0.4, 0.5) is 0 Å². The molecule has 1 fully saturated rings. The number of esters is 1. The lowest BCUT2D eigenvalue weighted by atomic mass is 9.97. The smallest absolute Gasteiger partial charge is 0.338 e. The van der Waals surface area contributed by atoms with Gasteiger partial charge in [0.2, 0.25) is 0 Å². The highest BCUT2D eigenvalue weighted by Crippen LogP contribution is 2.36. The van der Waals surface area contributed by atoms with Gasteiger partial charge in [-0.25, -0.2) is 9.59 Å². The predicted molar refractivity (Wildman–Crippen MR) is 103 cm³/mol. The predicted octanol–water partition coefficient (Wildman–Crippen LogP) is 2.85. The van der Waals surface area contributed by atoms with Gasteiger partial charge in [0, 0.05) is 9.81 Å². The number of benzene rings is 2. The molecule has 10 heteroatoms. The third-order valence-corrected chi connectivity index (χ3v) is 5.39. The zero-order valence-corrected chi connectivity index (χ0v) is 15.8. The number of carboxylic acids is 1. The number of aliphatic hydroxyl groups is 1. The number of carboxylic acid groups (broad SMARTS) is 1. The van der Waals surface area contributed by atoms with Crippen LogP contribution >= 0.6 is 11.8 Å². The molecular formula is C19H17N3O6S. The molecule has 2 aromatic rings. The van der Waals surface area contributed by atoms with Crippen molar-refractivity contribution in [2.24, 2.45) is 5.11 Å². The minimum absolute atomic E-state index is 0.187. The van der Waals surface area contributed by atoms with E-state index in [0.717, 1.165) is 16.7 Å². The van der Waals surface area contributed by atoms with E-state index in [9.17, 15) is 19.8 Å². The van der Waals surface area contributed by atoms with Crippen LogP contribution in [0.5, 0.6) is 0 Å². The monoisotopic (exact) mass is 415 g/mol. The fourth-order valence-corrected chi connectivity index (χ4v) is 3.92. The van der Waals surface area contributed by atoms with Gasteiger partial charge in [-0.05, 0) is 29.8 Å². The number of ether oxygens (including phenoxy) is 2. The first kappa shape index (κ1) is 20.7. The van der Waals surface area contributed by atoms with Crippen molar-refractivity contribution in [2.45, 2.75) is 34.7 Å². The third-order valence-electron chi connectivity index (χ3n) is 4.22. The molecule has 5 atom stereocenters. The van der Waals surface area contributed by atoms with E-state index in [-0.39, 0.29) is 5.56 Å². The van der Waals surface area contributed by atoms with Gasteiger partial charge in [-0.3, -0.25) is 0 Å². The van der Waals surface area contributed by atoms with Crippen LogP contribution in [0.1, 0.15) is 10.4 Å². The van der Waals surface area contributed by atoms with Gasteiger partial charge in [0.05, 0.1) is 5.56 Å². The van der Waals surface area contributed by atoms with Gasteiger partial charge >= 0.3 is 11.9 Å². The van der Waals surface area contributed by atoms with E-state index >= 15 is 0 Å². The Morgan fingerprint density at radius 3 is 2.31 bits per heavy atom. The van der Waals surface area contributed by atoms with Crippen LogP contribution < -0.4 is 0 Å². The van der Waals surface area contributed by atoms with Gasteiger partial charge < -0.3 is 19.7 Å². The van der Waals surface area contributed by atoms with Gasteiger partial charge in [0.1, 0.15) is 17.6 Å². The second-order valence-electron chi connectivity index (χ2n) is 6.12. The second kappa shape index (κ2) is 9.44. The fraction of sp³-hybridized carbons (Fsp3) is 0.263. The summed E-state index contributed by atoms with van der Waals surface area (Å²) in [6, 6.07) is 15.5. The second-order valence-corrected chi connectivity index (χ2v) is 7.29. The number of hydrogen-bond acceptors (Lipinski definition) is 7. The average Bonchev–Trinajstić information content (AvgIpc) is 2.73. The van der Waals surface area contributed by atoms with Gasteiger partial charge in [-0.1, -0.05) is 53.3 Å². The molecule has 0 amide bonds. The van der Waals surface area contributed by atoms with Crippen molar-refractivity contribution >= 4 is 23.7 Å². The summed E-state index contributed by atoms with van der Waals surface area (Å²) in [5, 5.41) is 23.8. The van der Waals surface area contributed by atoms with E-state index in [1.54, 1.807) is 42.5 Å². The number of aliphatic hydroxyl groups excluding tert-OH is 1. The molecule has 0 saturated carbocycles. The van der Waals surface area contributed by atoms with Gasteiger partial charge in [-0.15, -0.1) is 0 Å². The highest BCUT2D eigenvalue weighted by molar-refractivity contribution is 7.99. The van der Waals surface area contributed by atoms with Crippen LogP contribution in [0.15, 0.2) is 70.7 Å². The molecule has 2 N–H and O–H groups in total. The lowest BCUT2D eigenvalue weighted by Gasteiger charge is -2.40. The molecule has 0 aliphatic carbocycles. The van der Waals surface area contributed by atoms with Crippen molar-refractivity contribution < 1.29 is 29.3 Å². The van der Waals surface area contributed by atoms with Gasteiger partial charge in [0.25, 0.3) is 0 Å². The molecule has 1 saturated heterocycles. The summed E-state index contributed by atoms with van der Waals surface area (Å²) < 4.78 is 10.8. The molecule has 3 rings (SSSR count). The number of thioether (sulfide) groups is 1. The molecule has 0 unspecified atom stereocenters. The molecule has 9 nitrogen and oxygen atoms in total. The van der Waals surface area contributed by atoms with E-state index in [0.29, 0.717) is 0 Å². The number of azide groups is 1. The third kappa shape index (κ3) is 4.87. The Bertz CT molecular complexity index is 907. The van der Waals surface area contributed by atoms with E-state index < -0.39 is 41.7 Å². The molecule has 1 heterocycles. The number of nitrogens with zero attached hydrogens (tertiary/aromatic N) is 3. The summed E-state index contributed by atoms with van der Waals surface area (Å²) in [5.74, 6) is -2.22. The van der Waals surface area contributed by atoms with Gasteiger partial charge in [0.15, 0.2) is 12.2 Å². The Labute approximate surface area is 169 Å². The number of carbonyl (C=O) groups excluding carboxylic acids is 1. The van der Waals surface area contributed by atoms with Crippen molar-refractivity contribution in [3.8, 4) is 0 Å². The number of aliphatic carboxylic acids is 1. The summed E-state index contributed by atoms with van der Waals surface area (Å²) in [7, 11) is 0. The first-order valence-corrected chi connectivity index (χ1v) is 9.47. The minimum Gasteiger partial charge on any atom is -0.479 e. The molecule has 0 bridgehead atoms. The number of carbonyl (C=O) groups is 2. The van der Waals surface area contributed by atoms with E-state index in [4.69, 9.17) is 15.0 Å². The maximum atomic E-state index is 12.4. The molecule has 0 aromatic heterocycles. The molecule has 0 radical (unpaired) electrons. The Kier molecular flexibility index (Phi) is 6.73. The fourth-order valence-electron chi connectivity index (χ4n) is 2.86.